The van der Waals surface area contributed by atoms with Gasteiger partial charge in [-0.15, -0.1) is 0 Å². The lowest BCUT2D eigenvalue weighted by Gasteiger charge is -2.47. The van der Waals surface area contributed by atoms with Crippen molar-refractivity contribution in [2.24, 2.45) is 35.0 Å². The van der Waals surface area contributed by atoms with Gasteiger partial charge < -0.3 is 14.5 Å². The second kappa shape index (κ2) is 14.1. The number of nitrogens with zero attached hydrogens (tertiary/aromatic N) is 2. The van der Waals surface area contributed by atoms with Gasteiger partial charge >= 0.3 is 0 Å². The van der Waals surface area contributed by atoms with Gasteiger partial charge in [-0.3, -0.25) is 0 Å². The lowest BCUT2D eigenvalue weighted by molar-refractivity contribution is 0.0365. The average molecular weight is 707 g/mol. The van der Waals surface area contributed by atoms with Crippen LogP contribution < -0.4 is 4.90 Å². The van der Waals surface area contributed by atoms with Crippen LogP contribution in [0.5, 0.6) is 0 Å². The highest BCUT2D eigenvalue weighted by atomic mass is 16.5. The molecule has 0 N–H and O–H groups in total. The minimum atomic E-state index is -0.00861. The Labute approximate surface area is 320 Å². The van der Waals surface area contributed by atoms with Crippen molar-refractivity contribution in [1.82, 2.24) is 4.90 Å². The second-order valence-electron chi connectivity index (χ2n) is 18.6. The first-order chi connectivity index (χ1) is 26.1. The highest BCUT2D eigenvalue weighted by Crippen LogP contribution is 2.57. The largest absolute Gasteiger partial charge is 0.369 e. The maximum Gasteiger partial charge on any atom is 0.0855 e. The van der Waals surface area contributed by atoms with Crippen LogP contribution in [0.3, 0.4) is 0 Å². The van der Waals surface area contributed by atoms with E-state index in [-0.39, 0.29) is 17.6 Å². The van der Waals surface area contributed by atoms with E-state index in [0.29, 0.717) is 35.9 Å². The maximum atomic E-state index is 6.95. The minimum absolute atomic E-state index is 0.00861. The summed E-state index contributed by atoms with van der Waals surface area (Å²) in [7, 11) is 0. The third kappa shape index (κ3) is 5.94. The predicted octanol–water partition coefficient (Wildman–Crippen LogP) is 11.9. The summed E-state index contributed by atoms with van der Waals surface area (Å²) >= 11 is 0. The van der Waals surface area contributed by atoms with Crippen LogP contribution in [0, 0.1) is 35.0 Å². The van der Waals surface area contributed by atoms with Crippen LogP contribution >= 0.6 is 0 Å². The highest BCUT2D eigenvalue weighted by Gasteiger charge is 2.56. The molecule has 2 aliphatic heterocycles. The SMILES string of the molecule is CC1CCCC(N2C3=C(CCC(C4CC=CCC4)C3)C3CC(N(C4=CC=CC5OC6CCC=CC6(C)C45)c4ccccc4C4C=CC=CC4)C=CC32)C1. The Hall–Kier alpha value is -3.30. The van der Waals surface area contributed by atoms with Crippen LogP contribution in [-0.2, 0) is 4.74 Å². The Kier molecular flexibility index (Phi) is 9.09. The van der Waals surface area contributed by atoms with Crippen molar-refractivity contribution < 1.29 is 4.74 Å². The number of fused-ring (bicyclic) bond motifs is 5. The second-order valence-corrected chi connectivity index (χ2v) is 18.6. The van der Waals surface area contributed by atoms with E-state index < -0.39 is 0 Å². The monoisotopic (exact) mass is 706 g/mol. The molecule has 3 heteroatoms. The molecule has 278 valence electrons. The van der Waals surface area contributed by atoms with Gasteiger partial charge in [0.15, 0.2) is 0 Å². The van der Waals surface area contributed by atoms with Crippen LogP contribution in [0.25, 0.3) is 0 Å². The van der Waals surface area contributed by atoms with Crippen LogP contribution in [0.4, 0.5) is 5.69 Å². The molecule has 2 fully saturated rings. The summed E-state index contributed by atoms with van der Waals surface area (Å²) in [5.74, 6) is 3.84. The van der Waals surface area contributed by atoms with E-state index in [9.17, 15) is 0 Å². The van der Waals surface area contributed by atoms with E-state index in [0.717, 1.165) is 37.0 Å². The molecule has 0 amide bonds. The molecule has 12 unspecified atom stereocenters. The zero-order chi connectivity index (χ0) is 35.5. The molecule has 0 radical (unpaired) electrons. The van der Waals surface area contributed by atoms with Gasteiger partial charge in [0.25, 0.3) is 0 Å². The Balaban J connectivity index is 1.06. The molecule has 0 bridgehead atoms. The van der Waals surface area contributed by atoms with Crippen LogP contribution in [0.2, 0.25) is 0 Å². The third-order valence-electron chi connectivity index (χ3n) is 15.6. The van der Waals surface area contributed by atoms with Crippen molar-refractivity contribution in [1.29, 1.82) is 0 Å². The maximum absolute atomic E-state index is 6.95. The number of anilines is 1. The fourth-order valence-corrected chi connectivity index (χ4v) is 13.0. The number of hydrogen-bond donors (Lipinski definition) is 0. The van der Waals surface area contributed by atoms with E-state index in [2.05, 4.69) is 127 Å². The number of allylic oxidation sites excluding steroid dienone is 10. The van der Waals surface area contributed by atoms with Crippen LogP contribution in [0.1, 0.15) is 115 Å². The first kappa shape index (κ1) is 34.2. The Bertz CT molecular complexity index is 1800. The smallest absolute Gasteiger partial charge is 0.0855 e. The molecule has 0 aromatic heterocycles. The van der Waals surface area contributed by atoms with Gasteiger partial charge in [-0.1, -0.05) is 118 Å². The summed E-state index contributed by atoms with van der Waals surface area (Å²) in [6.45, 7) is 5.01. The Morgan fingerprint density at radius 2 is 1.75 bits per heavy atom. The zero-order valence-electron chi connectivity index (χ0n) is 32.4. The number of hydrogen-bond acceptors (Lipinski definition) is 3. The normalized spacial score (nSPS) is 41.2. The van der Waals surface area contributed by atoms with Gasteiger partial charge in [-0.05, 0) is 118 Å². The summed E-state index contributed by atoms with van der Waals surface area (Å²) in [4.78, 5) is 5.91. The molecule has 2 heterocycles. The van der Waals surface area contributed by atoms with Gasteiger partial charge in [-0.2, -0.15) is 0 Å². The van der Waals surface area contributed by atoms with Crippen molar-refractivity contribution >= 4 is 5.69 Å². The summed E-state index contributed by atoms with van der Waals surface area (Å²) in [6.07, 6.45) is 50.1. The summed E-state index contributed by atoms with van der Waals surface area (Å²) < 4.78 is 6.95. The molecule has 9 aliphatic rings. The molecule has 53 heavy (non-hydrogen) atoms. The van der Waals surface area contributed by atoms with E-state index in [1.54, 1.807) is 5.70 Å². The quantitative estimate of drug-likeness (QED) is 0.274. The first-order valence-electron chi connectivity index (χ1n) is 21.8. The van der Waals surface area contributed by atoms with Gasteiger partial charge in [0.2, 0.25) is 0 Å². The molecule has 10 rings (SSSR count). The Morgan fingerprint density at radius 1 is 0.830 bits per heavy atom. The van der Waals surface area contributed by atoms with Crippen LogP contribution in [0.15, 0.2) is 120 Å². The predicted molar refractivity (Wildman–Crippen MR) is 219 cm³/mol. The lowest BCUT2D eigenvalue weighted by Crippen LogP contribution is -2.49. The molecule has 0 spiro atoms. The molecule has 7 aliphatic carbocycles. The third-order valence-corrected chi connectivity index (χ3v) is 15.6. The number of benzene rings is 1. The number of para-hydroxylation sites is 1. The topological polar surface area (TPSA) is 15.7 Å². The molecule has 1 saturated heterocycles. The van der Waals surface area contributed by atoms with Crippen molar-refractivity contribution in [3.8, 4) is 0 Å². The summed E-state index contributed by atoms with van der Waals surface area (Å²) in [5.41, 5.74) is 7.96. The highest BCUT2D eigenvalue weighted by molar-refractivity contribution is 5.64. The molecular weight excluding hydrogens is 645 g/mol. The summed E-state index contributed by atoms with van der Waals surface area (Å²) in [6, 6.07) is 10.9. The van der Waals surface area contributed by atoms with Crippen molar-refractivity contribution in [3.63, 3.8) is 0 Å². The molecule has 1 aromatic rings. The van der Waals surface area contributed by atoms with Gasteiger partial charge in [0.1, 0.15) is 0 Å². The van der Waals surface area contributed by atoms with E-state index in [4.69, 9.17) is 4.74 Å². The molecule has 1 saturated carbocycles. The fourth-order valence-electron chi connectivity index (χ4n) is 13.0. The fraction of sp³-hybridized carbons (Fsp3) is 0.560. The summed E-state index contributed by atoms with van der Waals surface area (Å²) in [5, 5.41) is 0. The van der Waals surface area contributed by atoms with Crippen molar-refractivity contribution in [3.05, 3.63) is 126 Å². The molecule has 1 aromatic carbocycles. The average Bonchev–Trinajstić information content (AvgIpc) is 3.70. The van der Waals surface area contributed by atoms with Gasteiger partial charge in [0, 0.05) is 46.3 Å². The van der Waals surface area contributed by atoms with E-state index in [1.807, 2.05) is 5.57 Å². The molecular formula is C50H62N2O. The lowest BCUT2D eigenvalue weighted by atomic mass is 9.66. The van der Waals surface area contributed by atoms with Crippen LogP contribution in [-0.4, -0.2) is 35.2 Å². The minimum Gasteiger partial charge on any atom is -0.369 e. The first-order valence-corrected chi connectivity index (χ1v) is 21.8. The standard InChI is InChI=1S/C50H62N2O/c1-34-15-13-20-38(31-34)52-44-29-27-39(33-42(44)41-28-26-37(32-46(41)52)35-16-5-3-6-17-35)51(43-22-10-9-21-40(43)36-18-7-4-8-19-36)45-23-14-24-47-49(45)50(2)30-12-11-25-48(50)53-47/h3-5,7-10,12,14,18,21-24,27,29-30,34-39,42,44,47-49H,6,11,13,15-17,19-20,25-26,28,31-33H2,1-2H3. The number of ether oxygens (including phenoxy) is 1. The Morgan fingerprint density at radius 3 is 2.62 bits per heavy atom. The van der Waals surface area contributed by atoms with Crippen molar-refractivity contribution in [2.75, 3.05) is 4.90 Å². The number of rotatable bonds is 6. The molecule has 3 nitrogen and oxygen atoms in total. The van der Waals surface area contributed by atoms with Gasteiger partial charge in [0.05, 0.1) is 24.3 Å². The zero-order valence-corrected chi connectivity index (χ0v) is 32.4. The van der Waals surface area contributed by atoms with E-state index >= 15 is 0 Å². The molecule has 12 atom stereocenters. The van der Waals surface area contributed by atoms with Crippen molar-refractivity contribution in [2.45, 2.75) is 140 Å². The van der Waals surface area contributed by atoms with E-state index in [1.165, 1.54) is 87.6 Å². The van der Waals surface area contributed by atoms with Gasteiger partial charge in [-0.25, -0.2) is 0 Å².